The molecule has 4 unspecified atom stereocenters. The second-order valence-corrected chi connectivity index (χ2v) is 7.72. The van der Waals surface area contributed by atoms with Crippen LogP contribution < -0.4 is 10.1 Å². The van der Waals surface area contributed by atoms with Gasteiger partial charge in [-0.05, 0) is 30.5 Å². The third-order valence-electron chi connectivity index (χ3n) is 6.11. The Morgan fingerprint density at radius 2 is 1.67 bits per heavy atom. The van der Waals surface area contributed by atoms with Crippen LogP contribution in [0.25, 0.3) is 0 Å². The minimum absolute atomic E-state index is 0.0421. The number of carbonyl (C=O) groups is 1. The number of likely N-dealkylation sites (tertiary alicyclic amines) is 1. The third kappa shape index (κ3) is 3.16. The van der Waals surface area contributed by atoms with Crippen molar-refractivity contribution in [3.8, 4) is 5.75 Å². The molecule has 2 amide bonds. The Kier molecular flexibility index (Phi) is 4.24. The van der Waals surface area contributed by atoms with Gasteiger partial charge >= 0.3 is 6.03 Å². The molecule has 0 aliphatic carbocycles. The maximum absolute atomic E-state index is 12.8. The Hall–Kier alpha value is -2.53. The first kappa shape index (κ1) is 16.6. The highest BCUT2D eigenvalue weighted by Gasteiger charge is 2.53. The van der Waals surface area contributed by atoms with Crippen LogP contribution in [0.15, 0.2) is 54.6 Å². The van der Waals surface area contributed by atoms with E-state index >= 15 is 0 Å². The number of para-hydroxylation sites is 2. The monoisotopic (exact) mass is 364 g/mol. The molecule has 5 rings (SSSR count). The van der Waals surface area contributed by atoms with Gasteiger partial charge in [0.1, 0.15) is 12.4 Å². The molecule has 0 saturated carbocycles. The van der Waals surface area contributed by atoms with E-state index in [4.69, 9.17) is 9.47 Å². The summed E-state index contributed by atoms with van der Waals surface area (Å²) in [6.07, 6.45) is 3.02. The molecule has 0 spiro atoms. The number of nitrogens with zero attached hydrogens (tertiary/aromatic N) is 1. The lowest BCUT2D eigenvalue weighted by molar-refractivity contribution is 0.0746. The van der Waals surface area contributed by atoms with Gasteiger partial charge in [0.2, 0.25) is 0 Å². The number of amides is 2. The van der Waals surface area contributed by atoms with E-state index in [0.717, 1.165) is 37.2 Å². The van der Waals surface area contributed by atoms with E-state index in [1.54, 1.807) is 0 Å². The fraction of sp³-hybridized carbons (Fsp3) is 0.409. The predicted octanol–water partition coefficient (Wildman–Crippen LogP) is 3.91. The number of benzene rings is 2. The summed E-state index contributed by atoms with van der Waals surface area (Å²) < 4.78 is 12.0. The summed E-state index contributed by atoms with van der Waals surface area (Å²) >= 11 is 0. The summed E-state index contributed by atoms with van der Waals surface area (Å²) in [6, 6.07) is 17.6. The van der Waals surface area contributed by atoms with Gasteiger partial charge in [0, 0.05) is 24.9 Å². The SMILES string of the molecule is O=C(Nc1ccccc1OCc1ccccc1)N1CC2C3CCC(O3)C2C1. The van der Waals surface area contributed by atoms with Crippen molar-refractivity contribution in [2.75, 3.05) is 18.4 Å². The summed E-state index contributed by atoms with van der Waals surface area (Å²) in [5.41, 5.74) is 1.82. The molecule has 5 nitrogen and oxygen atoms in total. The van der Waals surface area contributed by atoms with Gasteiger partial charge in [0.25, 0.3) is 0 Å². The zero-order valence-corrected chi connectivity index (χ0v) is 15.2. The number of hydrogen-bond acceptors (Lipinski definition) is 3. The summed E-state index contributed by atoms with van der Waals surface area (Å²) in [7, 11) is 0. The van der Waals surface area contributed by atoms with Gasteiger partial charge in [-0.2, -0.15) is 0 Å². The number of nitrogens with one attached hydrogen (secondary N) is 1. The van der Waals surface area contributed by atoms with Crippen molar-refractivity contribution in [1.82, 2.24) is 4.90 Å². The molecule has 2 aromatic rings. The fourth-order valence-electron chi connectivity index (χ4n) is 4.75. The van der Waals surface area contributed by atoms with Gasteiger partial charge in [0.15, 0.2) is 0 Å². The molecule has 2 bridgehead atoms. The van der Waals surface area contributed by atoms with Crippen LogP contribution in [0.3, 0.4) is 0 Å². The van der Waals surface area contributed by atoms with Crippen molar-refractivity contribution in [2.45, 2.75) is 31.7 Å². The molecule has 3 fully saturated rings. The van der Waals surface area contributed by atoms with Gasteiger partial charge < -0.3 is 19.7 Å². The van der Waals surface area contributed by atoms with Gasteiger partial charge in [-0.15, -0.1) is 0 Å². The first-order valence-corrected chi connectivity index (χ1v) is 9.75. The minimum Gasteiger partial charge on any atom is -0.487 e. The van der Waals surface area contributed by atoms with E-state index in [9.17, 15) is 4.79 Å². The van der Waals surface area contributed by atoms with E-state index in [2.05, 4.69) is 5.32 Å². The molecular formula is C22H24N2O3. The predicted molar refractivity (Wildman–Crippen MR) is 103 cm³/mol. The van der Waals surface area contributed by atoms with Crippen LogP contribution in [0.4, 0.5) is 10.5 Å². The number of fused-ring (bicyclic) bond motifs is 5. The number of hydrogen-bond donors (Lipinski definition) is 1. The van der Waals surface area contributed by atoms with Gasteiger partial charge in [-0.3, -0.25) is 0 Å². The Bertz CT molecular complexity index is 807. The smallest absolute Gasteiger partial charge is 0.321 e. The third-order valence-corrected chi connectivity index (χ3v) is 6.11. The Labute approximate surface area is 159 Å². The Balaban J connectivity index is 1.24. The van der Waals surface area contributed by atoms with Crippen molar-refractivity contribution in [3.05, 3.63) is 60.2 Å². The summed E-state index contributed by atoms with van der Waals surface area (Å²) in [6.45, 7) is 2.07. The second kappa shape index (κ2) is 6.89. The minimum atomic E-state index is -0.0421. The molecule has 3 aliphatic heterocycles. The molecule has 4 atom stereocenters. The zero-order chi connectivity index (χ0) is 18.2. The van der Waals surface area contributed by atoms with Crippen LogP contribution in [0.2, 0.25) is 0 Å². The lowest BCUT2D eigenvalue weighted by atomic mass is 9.82. The van der Waals surface area contributed by atoms with Crippen molar-refractivity contribution >= 4 is 11.7 Å². The average molecular weight is 364 g/mol. The van der Waals surface area contributed by atoms with Crippen molar-refractivity contribution in [1.29, 1.82) is 0 Å². The molecule has 0 aromatic heterocycles. The molecule has 5 heteroatoms. The summed E-state index contributed by atoms with van der Waals surface area (Å²) in [4.78, 5) is 14.8. The normalized spacial score (nSPS) is 28.2. The van der Waals surface area contributed by atoms with E-state index in [0.29, 0.717) is 36.4 Å². The first-order chi connectivity index (χ1) is 13.3. The van der Waals surface area contributed by atoms with Crippen LogP contribution >= 0.6 is 0 Å². The number of ether oxygens (including phenoxy) is 2. The molecule has 3 saturated heterocycles. The van der Waals surface area contributed by atoms with Crippen LogP contribution in [0.1, 0.15) is 18.4 Å². The first-order valence-electron chi connectivity index (χ1n) is 9.75. The van der Waals surface area contributed by atoms with Gasteiger partial charge in [0.05, 0.1) is 17.9 Å². The largest absolute Gasteiger partial charge is 0.487 e. The average Bonchev–Trinajstić information content (AvgIpc) is 3.41. The van der Waals surface area contributed by atoms with E-state index in [1.165, 1.54) is 0 Å². The molecule has 3 heterocycles. The number of urea groups is 1. The van der Waals surface area contributed by atoms with Gasteiger partial charge in [-0.1, -0.05) is 42.5 Å². The molecule has 0 radical (unpaired) electrons. The van der Waals surface area contributed by atoms with Crippen molar-refractivity contribution in [3.63, 3.8) is 0 Å². The van der Waals surface area contributed by atoms with E-state index in [-0.39, 0.29) is 6.03 Å². The fourth-order valence-corrected chi connectivity index (χ4v) is 4.75. The molecule has 3 aliphatic rings. The maximum atomic E-state index is 12.8. The molecule has 1 N–H and O–H groups in total. The zero-order valence-electron chi connectivity index (χ0n) is 15.2. The van der Waals surface area contributed by atoms with Crippen molar-refractivity contribution < 1.29 is 14.3 Å². The van der Waals surface area contributed by atoms with E-state index < -0.39 is 0 Å². The number of rotatable bonds is 4. The van der Waals surface area contributed by atoms with Crippen LogP contribution in [0.5, 0.6) is 5.75 Å². The molecule has 2 aromatic carbocycles. The molecular weight excluding hydrogens is 340 g/mol. The lowest BCUT2D eigenvalue weighted by Crippen LogP contribution is -2.35. The summed E-state index contributed by atoms with van der Waals surface area (Å²) in [5.74, 6) is 1.72. The maximum Gasteiger partial charge on any atom is 0.321 e. The van der Waals surface area contributed by atoms with Crippen LogP contribution in [-0.2, 0) is 11.3 Å². The topological polar surface area (TPSA) is 50.8 Å². The standard InChI is InChI=1S/C22H24N2O3/c25-22(24-12-16-17(13-24)20-11-10-19(16)27-20)23-18-8-4-5-9-21(18)26-14-15-6-2-1-3-7-15/h1-9,16-17,19-20H,10-14H2,(H,23,25). The Morgan fingerprint density at radius 1 is 1.00 bits per heavy atom. The van der Waals surface area contributed by atoms with Crippen LogP contribution in [-0.4, -0.2) is 36.2 Å². The quantitative estimate of drug-likeness (QED) is 0.895. The second-order valence-electron chi connectivity index (χ2n) is 7.72. The summed E-state index contributed by atoms with van der Waals surface area (Å²) in [5, 5.41) is 3.05. The number of carbonyl (C=O) groups excluding carboxylic acids is 1. The lowest BCUT2D eigenvalue weighted by Gasteiger charge is -2.20. The van der Waals surface area contributed by atoms with Crippen molar-refractivity contribution in [2.24, 2.45) is 11.8 Å². The highest BCUT2D eigenvalue weighted by Crippen LogP contribution is 2.47. The van der Waals surface area contributed by atoms with Gasteiger partial charge in [-0.25, -0.2) is 4.79 Å². The molecule has 140 valence electrons. The number of anilines is 1. The van der Waals surface area contributed by atoms with Crippen LogP contribution in [0, 0.1) is 11.8 Å². The van der Waals surface area contributed by atoms with E-state index in [1.807, 2.05) is 59.5 Å². The Morgan fingerprint density at radius 3 is 2.41 bits per heavy atom. The highest BCUT2D eigenvalue weighted by atomic mass is 16.5. The molecule has 27 heavy (non-hydrogen) atoms. The highest BCUT2D eigenvalue weighted by molar-refractivity contribution is 5.91.